The number of rotatable bonds is 1. The summed E-state index contributed by atoms with van der Waals surface area (Å²) in [6, 6.07) is 6.52. The minimum Gasteiger partial charge on any atom is -0.504 e. The lowest BCUT2D eigenvalue weighted by molar-refractivity contribution is 0.239. The van der Waals surface area contributed by atoms with Crippen LogP contribution in [0.3, 0.4) is 0 Å². The van der Waals surface area contributed by atoms with E-state index >= 15 is 0 Å². The van der Waals surface area contributed by atoms with Crippen molar-refractivity contribution in [2.75, 3.05) is 7.05 Å². The van der Waals surface area contributed by atoms with Crippen LogP contribution < -0.4 is 0 Å². The van der Waals surface area contributed by atoms with Gasteiger partial charge in [0.1, 0.15) is 0 Å². The second-order valence-corrected chi connectivity index (χ2v) is 5.95. The molecule has 2 bridgehead atoms. The van der Waals surface area contributed by atoms with Crippen LogP contribution >= 0.6 is 0 Å². The van der Waals surface area contributed by atoms with Crippen molar-refractivity contribution in [2.45, 2.75) is 50.1 Å². The predicted molar refractivity (Wildman–Crippen MR) is 70.9 cm³/mol. The molecule has 2 aliphatic rings. The van der Waals surface area contributed by atoms with Crippen molar-refractivity contribution in [1.82, 2.24) is 4.90 Å². The van der Waals surface area contributed by atoms with Gasteiger partial charge in [0.15, 0.2) is 11.5 Å². The Bertz CT molecular complexity index is 474. The van der Waals surface area contributed by atoms with E-state index in [9.17, 15) is 10.2 Å². The van der Waals surface area contributed by atoms with Gasteiger partial charge in [-0.05, 0) is 50.9 Å². The van der Waals surface area contributed by atoms with E-state index in [4.69, 9.17) is 0 Å². The number of phenolic OH excluding ortho intramolecular Hbond substituents is 2. The van der Waals surface area contributed by atoms with Crippen LogP contribution in [0, 0.1) is 0 Å². The van der Waals surface area contributed by atoms with Crippen LogP contribution in [-0.4, -0.2) is 34.2 Å². The quantitative estimate of drug-likeness (QED) is 0.750. The Morgan fingerprint density at radius 1 is 1.28 bits per heavy atom. The topological polar surface area (TPSA) is 43.7 Å². The smallest absolute Gasteiger partial charge is 0.157 e. The van der Waals surface area contributed by atoms with Gasteiger partial charge in [0.2, 0.25) is 0 Å². The summed E-state index contributed by atoms with van der Waals surface area (Å²) in [5.74, 6) is -0.0211. The van der Waals surface area contributed by atoms with E-state index in [1.54, 1.807) is 12.1 Å². The Morgan fingerprint density at radius 2 is 2.06 bits per heavy atom. The highest BCUT2D eigenvalue weighted by atomic mass is 16.3. The van der Waals surface area contributed by atoms with Crippen LogP contribution in [0.2, 0.25) is 0 Å². The van der Waals surface area contributed by atoms with Crippen molar-refractivity contribution in [3.63, 3.8) is 0 Å². The molecule has 98 valence electrons. The normalized spacial score (nSPS) is 35.9. The fourth-order valence-electron chi connectivity index (χ4n) is 4.05. The molecule has 2 fully saturated rings. The average Bonchev–Trinajstić information content (AvgIpc) is 2.55. The van der Waals surface area contributed by atoms with Crippen molar-refractivity contribution >= 4 is 0 Å². The van der Waals surface area contributed by atoms with Crippen LogP contribution in [0.4, 0.5) is 0 Å². The first-order valence-electron chi connectivity index (χ1n) is 6.79. The van der Waals surface area contributed by atoms with E-state index in [0.717, 1.165) is 0 Å². The maximum atomic E-state index is 9.74. The number of likely N-dealkylation sites (N-methyl/N-ethyl adjacent to an activating group) is 1. The molecule has 18 heavy (non-hydrogen) atoms. The molecule has 1 heterocycles. The second-order valence-electron chi connectivity index (χ2n) is 5.95. The molecule has 1 aromatic rings. The maximum Gasteiger partial charge on any atom is 0.157 e. The number of nitrogens with zero attached hydrogens (tertiary/aromatic N) is 1. The zero-order valence-corrected chi connectivity index (χ0v) is 11.1. The highest BCUT2D eigenvalue weighted by molar-refractivity contribution is 5.44. The fraction of sp³-hybridized carbons (Fsp3) is 0.600. The second kappa shape index (κ2) is 3.89. The first-order valence-corrected chi connectivity index (χ1v) is 6.79. The Hall–Kier alpha value is -1.22. The van der Waals surface area contributed by atoms with Crippen LogP contribution in [-0.2, 0) is 5.41 Å². The molecule has 3 rings (SSSR count). The number of likely N-dealkylation sites (tertiary alicyclic amines) is 1. The van der Waals surface area contributed by atoms with Crippen molar-refractivity contribution in [3.8, 4) is 11.5 Å². The monoisotopic (exact) mass is 247 g/mol. The number of hydrogen-bond acceptors (Lipinski definition) is 3. The number of benzene rings is 1. The minimum absolute atomic E-state index is 0.00533. The molecule has 3 unspecified atom stereocenters. The van der Waals surface area contributed by atoms with Crippen molar-refractivity contribution in [3.05, 3.63) is 23.8 Å². The Labute approximate surface area is 108 Å². The van der Waals surface area contributed by atoms with E-state index in [0.29, 0.717) is 12.1 Å². The molecular formula is C15H21NO2. The Balaban J connectivity index is 2.06. The molecule has 3 atom stereocenters. The van der Waals surface area contributed by atoms with Gasteiger partial charge in [-0.3, -0.25) is 4.90 Å². The number of fused-ring (bicyclic) bond motifs is 2. The molecule has 1 aromatic carbocycles. The average molecular weight is 247 g/mol. The van der Waals surface area contributed by atoms with Gasteiger partial charge in [0.05, 0.1) is 0 Å². The molecule has 0 spiro atoms. The summed E-state index contributed by atoms with van der Waals surface area (Å²) in [4.78, 5) is 2.48. The SMILES string of the molecule is CC1N(C)C2CCCC1(c1ccc(O)c(O)c1)C2. The first kappa shape index (κ1) is 11.8. The highest BCUT2D eigenvalue weighted by Gasteiger charge is 2.51. The van der Waals surface area contributed by atoms with Crippen LogP contribution in [0.15, 0.2) is 18.2 Å². The zero-order chi connectivity index (χ0) is 12.9. The standard InChI is InChI=1S/C15H21NO2/c1-10-15(7-3-4-12(9-15)16(10)2)11-5-6-13(17)14(18)8-11/h5-6,8,10,12,17-18H,3-4,7,9H2,1-2H3. The molecule has 3 nitrogen and oxygen atoms in total. The van der Waals surface area contributed by atoms with Gasteiger partial charge in [0.25, 0.3) is 0 Å². The van der Waals surface area contributed by atoms with Gasteiger partial charge in [-0.2, -0.15) is 0 Å². The molecule has 1 saturated heterocycles. The third-order valence-electron chi connectivity index (χ3n) is 5.30. The van der Waals surface area contributed by atoms with Crippen LogP contribution in [0.25, 0.3) is 0 Å². The van der Waals surface area contributed by atoms with E-state index < -0.39 is 0 Å². The summed E-state index contributed by atoms with van der Waals surface area (Å²) in [5.41, 5.74) is 1.34. The van der Waals surface area contributed by atoms with E-state index in [2.05, 4.69) is 18.9 Å². The van der Waals surface area contributed by atoms with Gasteiger partial charge in [-0.1, -0.05) is 12.5 Å². The van der Waals surface area contributed by atoms with Crippen molar-refractivity contribution in [2.24, 2.45) is 0 Å². The zero-order valence-electron chi connectivity index (χ0n) is 11.1. The molecule has 1 aliphatic carbocycles. The lowest BCUT2D eigenvalue weighted by Crippen LogP contribution is -2.38. The van der Waals surface area contributed by atoms with Crippen molar-refractivity contribution < 1.29 is 10.2 Å². The van der Waals surface area contributed by atoms with Gasteiger partial charge >= 0.3 is 0 Å². The predicted octanol–water partition coefficient (Wildman–Crippen LogP) is 2.61. The first-order chi connectivity index (χ1) is 8.54. The third-order valence-corrected chi connectivity index (χ3v) is 5.30. The van der Waals surface area contributed by atoms with E-state index in [-0.39, 0.29) is 16.9 Å². The molecule has 3 heteroatoms. The number of hydrogen-bond donors (Lipinski definition) is 2. The molecule has 1 aliphatic heterocycles. The van der Waals surface area contributed by atoms with Gasteiger partial charge in [0, 0.05) is 17.5 Å². The van der Waals surface area contributed by atoms with Gasteiger partial charge in [-0.15, -0.1) is 0 Å². The van der Waals surface area contributed by atoms with E-state index in [1.165, 1.54) is 31.2 Å². The lowest BCUT2D eigenvalue weighted by Gasteiger charge is -2.36. The molecule has 1 saturated carbocycles. The van der Waals surface area contributed by atoms with Crippen molar-refractivity contribution in [1.29, 1.82) is 0 Å². The number of aromatic hydroxyl groups is 2. The molecule has 2 N–H and O–H groups in total. The molecule has 0 aromatic heterocycles. The van der Waals surface area contributed by atoms with E-state index in [1.807, 2.05) is 6.07 Å². The van der Waals surface area contributed by atoms with Gasteiger partial charge < -0.3 is 10.2 Å². The van der Waals surface area contributed by atoms with Crippen LogP contribution in [0.1, 0.15) is 38.2 Å². The third kappa shape index (κ3) is 1.46. The number of phenols is 2. The molecule has 0 radical (unpaired) electrons. The summed E-state index contributed by atoms with van der Waals surface area (Å²) in [6.07, 6.45) is 4.89. The largest absolute Gasteiger partial charge is 0.504 e. The minimum atomic E-state index is -0.0264. The molecular weight excluding hydrogens is 226 g/mol. The summed E-state index contributed by atoms with van der Waals surface area (Å²) < 4.78 is 0. The maximum absolute atomic E-state index is 9.74. The Morgan fingerprint density at radius 3 is 2.78 bits per heavy atom. The molecule has 0 amide bonds. The summed E-state index contributed by atoms with van der Waals surface area (Å²) >= 11 is 0. The van der Waals surface area contributed by atoms with Crippen LogP contribution in [0.5, 0.6) is 11.5 Å². The fourth-order valence-corrected chi connectivity index (χ4v) is 4.05. The Kier molecular flexibility index (Phi) is 2.56. The lowest BCUT2D eigenvalue weighted by atomic mass is 9.67. The summed E-state index contributed by atoms with van der Waals surface area (Å²) in [7, 11) is 2.21. The summed E-state index contributed by atoms with van der Waals surface area (Å²) in [5, 5.41) is 19.2. The highest BCUT2D eigenvalue weighted by Crippen LogP contribution is 2.51. The van der Waals surface area contributed by atoms with Gasteiger partial charge in [-0.25, -0.2) is 0 Å². The summed E-state index contributed by atoms with van der Waals surface area (Å²) in [6.45, 7) is 2.29.